The Kier molecular flexibility index (Phi) is 9.49. The average Bonchev–Trinajstić information content (AvgIpc) is 2.36. The molecule has 0 aliphatic carbocycles. The summed E-state index contributed by atoms with van der Waals surface area (Å²) in [7, 11) is -6.06. The maximum absolute atomic E-state index is 6.42. The fourth-order valence-corrected chi connectivity index (χ4v) is 14.3. The molecule has 0 aliphatic rings. The lowest BCUT2D eigenvalue weighted by Gasteiger charge is -2.35. The minimum Gasteiger partial charge on any atom is -0.453 e. The summed E-state index contributed by atoms with van der Waals surface area (Å²) in [5, 5.41) is 0. The number of rotatable bonds is 12. The molecule has 0 heterocycles. The maximum Gasteiger partial charge on any atom is 0.500 e. The highest BCUT2D eigenvalue weighted by atomic mass is 28.4. The lowest BCUT2D eigenvalue weighted by molar-refractivity contribution is 0.0723. The van der Waals surface area contributed by atoms with Gasteiger partial charge in [0.25, 0.3) is 0 Å². The van der Waals surface area contributed by atoms with Gasteiger partial charge in [0, 0.05) is 25.9 Å². The van der Waals surface area contributed by atoms with Crippen LogP contribution in [0.4, 0.5) is 0 Å². The van der Waals surface area contributed by atoms with Crippen LogP contribution in [0.5, 0.6) is 0 Å². The van der Waals surface area contributed by atoms with Gasteiger partial charge in [0.1, 0.15) is 0 Å². The summed E-state index contributed by atoms with van der Waals surface area (Å²) in [6, 6.07) is 1.83. The Balaban J connectivity index is 4.81. The quantitative estimate of drug-likeness (QED) is 0.495. The van der Waals surface area contributed by atoms with Crippen molar-refractivity contribution in [3.05, 3.63) is 12.3 Å². The Morgan fingerprint density at radius 3 is 1.57 bits per heavy atom. The Labute approximate surface area is 134 Å². The normalized spacial score (nSPS) is 13.5. The Morgan fingerprint density at radius 2 is 1.24 bits per heavy atom. The SMILES string of the molecule is C=C[Si](C)(C)O[Si](C)(C)CC[Si](OCC)(OCC)OCC. The molecule has 0 aromatic carbocycles. The van der Waals surface area contributed by atoms with E-state index in [1.54, 1.807) is 0 Å². The summed E-state index contributed by atoms with van der Waals surface area (Å²) in [5.74, 6) is 0. The monoisotopic (exact) mass is 350 g/mol. The maximum atomic E-state index is 6.42. The minimum absolute atomic E-state index is 0.627. The molecule has 0 N–H and O–H groups in total. The van der Waals surface area contributed by atoms with Crippen molar-refractivity contribution in [2.75, 3.05) is 19.8 Å². The van der Waals surface area contributed by atoms with E-state index < -0.39 is 25.4 Å². The molecule has 0 bridgehead atoms. The van der Waals surface area contributed by atoms with Gasteiger partial charge in [-0.3, -0.25) is 0 Å². The second kappa shape index (κ2) is 9.39. The zero-order chi connectivity index (χ0) is 16.6. The predicted octanol–water partition coefficient (Wildman–Crippen LogP) is 4.19. The van der Waals surface area contributed by atoms with Gasteiger partial charge in [-0.05, 0) is 53.0 Å². The molecule has 0 unspecified atom stereocenters. The lowest BCUT2D eigenvalue weighted by atomic mass is 10.9. The molecule has 0 spiro atoms. The van der Waals surface area contributed by atoms with Gasteiger partial charge in [-0.15, -0.1) is 6.58 Å². The highest BCUT2D eigenvalue weighted by molar-refractivity contribution is 6.87. The summed E-state index contributed by atoms with van der Waals surface area (Å²) >= 11 is 0. The zero-order valence-corrected chi connectivity index (χ0v) is 18.0. The third kappa shape index (κ3) is 8.44. The van der Waals surface area contributed by atoms with Crippen molar-refractivity contribution in [2.45, 2.75) is 59.0 Å². The molecule has 0 saturated heterocycles. The van der Waals surface area contributed by atoms with Crippen LogP contribution in [0, 0.1) is 0 Å². The second-order valence-electron chi connectivity index (χ2n) is 6.15. The van der Waals surface area contributed by atoms with Gasteiger partial charge in [0.15, 0.2) is 16.6 Å². The third-order valence-corrected chi connectivity index (χ3v) is 13.5. The van der Waals surface area contributed by atoms with Crippen molar-refractivity contribution < 1.29 is 17.4 Å². The van der Waals surface area contributed by atoms with Crippen LogP contribution in [0.15, 0.2) is 12.3 Å². The zero-order valence-electron chi connectivity index (χ0n) is 15.0. The molecule has 0 saturated carbocycles. The fraction of sp³-hybridized carbons (Fsp3) is 0.857. The van der Waals surface area contributed by atoms with E-state index in [-0.39, 0.29) is 0 Å². The molecule has 0 fully saturated rings. The van der Waals surface area contributed by atoms with E-state index >= 15 is 0 Å². The molecule has 21 heavy (non-hydrogen) atoms. The van der Waals surface area contributed by atoms with Crippen LogP contribution in [0.1, 0.15) is 20.8 Å². The van der Waals surface area contributed by atoms with Crippen molar-refractivity contribution in [3.8, 4) is 0 Å². The van der Waals surface area contributed by atoms with Gasteiger partial charge < -0.3 is 17.4 Å². The topological polar surface area (TPSA) is 36.9 Å². The summed E-state index contributed by atoms with van der Waals surface area (Å²) in [5.41, 5.74) is 2.00. The van der Waals surface area contributed by atoms with E-state index in [0.717, 1.165) is 12.1 Å². The standard InChI is InChI=1S/C14H34O4Si3/c1-9-15-21(16-10-2,17-11-3)14-13-20(7,8)18-19(5,6)12-4/h12H,4,9-11,13-14H2,1-3,5-8H3. The van der Waals surface area contributed by atoms with Crippen LogP contribution in [0.2, 0.25) is 38.3 Å². The molecule has 0 amide bonds. The molecule has 0 aliphatic heterocycles. The van der Waals surface area contributed by atoms with Crippen molar-refractivity contribution in [1.82, 2.24) is 0 Å². The molecule has 126 valence electrons. The Hall–Kier alpha value is 0.231. The highest BCUT2D eigenvalue weighted by Crippen LogP contribution is 2.26. The van der Waals surface area contributed by atoms with Crippen LogP contribution in [0.25, 0.3) is 0 Å². The first-order valence-corrected chi connectivity index (χ1v) is 15.9. The molecule has 0 radical (unpaired) electrons. The first kappa shape index (κ1) is 21.2. The van der Waals surface area contributed by atoms with E-state index in [0.29, 0.717) is 19.8 Å². The second-order valence-corrected chi connectivity index (χ2v) is 17.3. The Morgan fingerprint density at radius 1 is 0.810 bits per heavy atom. The van der Waals surface area contributed by atoms with Gasteiger partial charge in [-0.2, -0.15) is 0 Å². The number of hydrogen-bond acceptors (Lipinski definition) is 4. The summed E-state index contributed by atoms with van der Waals surface area (Å²) in [6.45, 7) is 20.7. The molecule has 0 atom stereocenters. The van der Waals surface area contributed by atoms with Gasteiger partial charge in [0.2, 0.25) is 0 Å². The van der Waals surface area contributed by atoms with E-state index in [2.05, 4.69) is 32.8 Å². The Bertz CT molecular complexity index is 292. The molecule has 0 rings (SSSR count). The van der Waals surface area contributed by atoms with Crippen molar-refractivity contribution in [1.29, 1.82) is 0 Å². The fourth-order valence-electron chi connectivity index (χ4n) is 2.26. The van der Waals surface area contributed by atoms with Crippen molar-refractivity contribution in [3.63, 3.8) is 0 Å². The van der Waals surface area contributed by atoms with Crippen LogP contribution < -0.4 is 0 Å². The highest BCUT2D eigenvalue weighted by Gasteiger charge is 2.43. The lowest BCUT2D eigenvalue weighted by Crippen LogP contribution is -2.49. The van der Waals surface area contributed by atoms with E-state index in [4.69, 9.17) is 17.4 Å². The van der Waals surface area contributed by atoms with Gasteiger partial charge in [0.05, 0.1) is 0 Å². The van der Waals surface area contributed by atoms with Crippen LogP contribution in [0.3, 0.4) is 0 Å². The molecular weight excluding hydrogens is 316 g/mol. The van der Waals surface area contributed by atoms with E-state index in [1.807, 2.05) is 26.5 Å². The predicted molar refractivity (Wildman–Crippen MR) is 96.5 cm³/mol. The molecule has 0 aromatic rings. The summed E-state index contributed by atoms with van der Waals surface area (Å²) in [4.78, 5) is 0. The van der Waals surface area contributed by atoms with Crippen molar-refractivity contribution >= 4 is 25.4 Å². The molecule has 4 nitrogen and oxygen atoms in total. The largest absolute Gasteiger partial charge is 0.500 e. The molecule has 0 aromatic heterocycles. The van der Waals surface area contributed by atoms with Crippen LogP contribution >= 0.6 is 0 Å². The smallest absolute Gasteiger partial charge is 0.453 e. The van der Waals surface area contributed by atoms with E-state index in [1.165, 1.54) is 0 Å². The van der Waals surface area contributed by atoms with Gasteiger partial charge >= 0.3 is 8.80 Å². The molecular formula is C14H34O4Si3. The van der Waals surface area contributed by atoms with Crippen LogP contribution in [-0.4, -0.2) is 45.3 Å². The first-order chi connectivity index (χ1) is 9.66. The average molecular weight is 351 g/mol. The minimum atomic E-state index is -2.55. The summed E-state index contributed by atoms with van der Waals surface area (Å²) in [6.07, 6.45) is 0. The molecule has 7 heteroatoms. The van der Waals surface area contributed by atoms with Gasteiger partial charge in [-0.25, -0.2) is 0 Å². The first-order valence-electron chi connectivity index (χ1n) is 7.91. The van der Waals surface area contributed by atoms with Crippen LogP contribution in [-0.2, 0) is 17.4 Å². The van der Waals surface area contributed by atoms with Gasteiger partial charge in [-0.1, -0.05) is 5.70 Å². The summed E-state index contributed by atoms with van der Waals surface area (Å²) < 4.78 is 24.2. The van der Waals surface area contributed by atoms with Crippen molar-refractivity contribution in [2.24, 2.45) is 0 Å². The number of hydrogen-bond donors (Lipinski definition) is 0. The van der Waals surface area contributed by atoms with E-state index in [9.17, 15) is 0 Å². The third-order valence-electron chi connectivity index (χ3n) is 3.16.